The van der Waals surface area contributed by atoms with Gasteiger partial charge >= 0.3 is 0 Å². The van der Waals surface area contributed by atoms with Gasteiger partial charge in [-0.3, -0.25) is 4.79 Å². The Morgan fingerprint density at radius 1 is 0.286 bits per heavy atom. The van der Waals surface area contributed by atoms with Crippen LogP contribution < -0.4 is 18.9 Å². The molecule has 0 unspecified atom stereocenters. The van der Waals surface area contributed by atoms with Crippen molar-refractivity contribution in [1.82, 2.24) is 0 Å². The van der Waals surface area contributed by atoms with Crippen molar-refractivity contribution in [3.8, 4) is 23.0 Å². The number of aldehydes is 1. The van der Waals surface area contributed by atoms with Gasteiger partial charge in [0.1, 0.15) is 29.3 Å². The number of carbonyl (C=O) groups excluding carboxylic acids is 1. The van der Waals surface area contributed by atoms with Crippen molar-refractivity contribution in [2.45, 2.75) is 226 Å². The van der Waals surface area contributed by atoms with E-state index < -0.39 is 0 Å². The van der Waals surface area contributed by atoms with Crippen LogP contribution in [0.2, 0.25) is 0 Å². The Bertz CT molecular complexity index is 3510. The van der Waals surface area contributed by atoms with E-state index in [-0.39, 0.29) is 0 Å². The lowest BCUT2D eigenvalue weighted by Crippen LogP contribution is -1.97. The zero-order chi connectivity index (χ0) is 73.9. The predicted octanol–water partition coefficient (Wildman–Crippen LogP) is 27.5. The van der Waals surface area contributed by atoms with E-state index in [1.165, 1.54) is 72.3 Å². The highest BCUT2D eigenvalue weighted by molar-refractivity contribution is 5.77. The van der Waals surface area contributed by atoms with E-state index in [0.717, 1.165) is 53.6 Å². The van der Waals surface area contributed by atoms with Crippen LogP contribution in [-0.2, 0) is 0 Å². The number of benzene rings is 9. The molecule has 0 atom stereocenters. The maximum absolute atomic E-state index is 10.5. The van der Waals surface area contributed by atoms with Crippen molar-refractivity contribution >= 4 is 6.29 Å². The summed E-state index contributed by atoms with van der Waals surface area (Å²) < 4.78 is 21.0. The second-order valence-electron chi connectivity index (χ2n) is 27.7. The molecule has 9 rings (SSSR count). The van der Waals surface area contributed by atoms with Crippen molar-refractivity contribution in [3.63, 3.8) is 0 Å². The molecule has 0 aromatic heterocycles. The fraction of sp³-hybridized carbons (Fsp3) is 0.409. The molecule has 0 saturated carbocycles. The van der Waals surface area contributed by atoms with Gasteiger partial charge in [-0.05, 0) is 211 Å². The average Bonchev–Trinajstić information content (AvgIpc) is 1.41. The van der Waals surface area contributed by atoms with Gasteiger partial charge in [0.05, 0.1) is 27.4 Å². The molecule has 0 saturated heterocycles. The zero-order valence-electron chi connectivity index (χ0n) is 65.9. The third-order valence-corrected chi connectivity index (χ3v) is 16.4. The van der Waals surface area contributed by atoms with E-state index in [2.05, 4.69) is 299 Å². The first-order valence-corrected chi connectivity index (χ1v) is 36.0. The molecule has 0 aliphatic rings. The molecular weight excluding hydrogens is 1200 g/mol. The maximum Gasteiger partial charge on any atom is 0.150 e. The van der Waals surface area contributed by atoms with Crippen LogP contribution in [0.1, 0.15) is 280 Å². The summed E-state index contributed by atoms with van der Waals surface area (Å²) in [5.41, 5.74) is 19.9. The van der Waals surface area contributed by atoms with Crippen molar-refractivity contribution in [3.05, 3.63) is 296 Å². The quantitative estimate of drug-likeness (QED) is 0.0903. The van der Waals surface area contributed by atoms with E-state index in [1.807, 2.05) is 86.6 Å². The number of aryl methyl sites for hydroxylation is 5. The first-order valence-electron chi connectivity index (χ1n) is 36.0. The van der Waals surface area contributed by atoms with Crippen LogP contribution in [-0.4, -0.2) is 33.7 Å². The van der Waals surface area contributed by atoms with Gasteiger partial charge in [-0.1, -0.05) is 306 Å². The molecule has 0 fully saturated rings. The van der Waals surface area contributed by atoms with Crippen molar-refractivity contribution in [2.75, 3.05) is 27.4 Å². The lowest BCUT2D eigenvalue weighted by molar-refractivity contribution is 0.112. The van der Waals surface area contributed by atoms with E-state index in [9.17, 15) is 4.79 Å². The molecule has 9 aromatic carbocycles. The van der Waals surface area contributed by atoms with Crippen molar-refractivity contribution in [2.24, 2.45) is 0 Å². The third kappa shape index (κ3) is 35.9. The molecule has 0 aliphatic heterocycles. The van der Waals surface area contributed by atoms with Gasteiger partial charge in [-0.25, -0.2) is 0 Å². The topological polar surface area (TPSA) is 54.0 Å². The summed E-state index contributed by atoms with van der Waals surface area (Å²) in [5, 5.41) is 0. The monoisotopic (exact) mass is 1330 g/mol. The zero-order valence-corrected chi connectivity index (χ0v) is 65.9. The van der Waals surface area contributed by atoms with Crippen molar-refractivity contribution < 1.29 is 23.7 Å². The fourth-order valence-corrected chi connectivity index (χ4v) is 9.83. The van der Waals surface area contributed by atoms with Crippen molar-refractivity contribution in [1.29, 1.82) is 0 Å². The van der Waals surface area contributed by atoms with Crippen LogP contribution in [0.3, 0.4) is 0 Å². The van der Waals surface area contributed by atoms with E-state index >= 15 is 0 Å². The Hall–Kier alpha value is -8.15. The average molecular weight is 1330 g/mol. The number of hydrogen-bond acceptors (Lipinski definition) is 5. The molecular formula is C93H130O5. The molecule has 0 N–H and O–H groups in total. The second kappa shape index (κ2) is 49.4. The van der Waals surface area contributed by atoms with Crippen LogP contribution >= 0.6 is 0 Å². The number of carbonyl (C=O) groups is 1. The minimum absolute atomic E-state index is 0.427. The molecule has 5 heteroatoms. The SMILES string of the molecule is CC(C)c1ccccc1C=O.CCOc1ccc(C(C)C)cc1.CCOc1ccccc1C(C)C.COc1ccc(C(C)C)cc1.COc1cccc(C(C)C)c1.Cc1ccc(C(C)C)cc1.Cc1ccc(C(C)C)cc1C.Cc1cccc(C(C)C)c1.Cc1ccccc1C(C)C. The number of hydrogen-bond donors (Lipinski definition) is 0. The molecule has 5 nitrogen and oxygen atoms in total. The van der Waals surface area contributed by atoms with Gasteiger partial charge in [0, 0.05) is 5.56 Å². The minimum Gasteiger partial charge on any atom is -0.497 e. The Labute approximate surface area is 599 Å². The van der Waals surface area contributed by atoms with Crippen LogP contribution in [0.25, 0.3) is 0 Å². The molecule has 0 spiro atoms. The Balaban J connectivity index is 0.000000552. The first-order chi connectivity index (χ1) is 46.4. The summed E-state index contributed by atoms with van der Waals surface area (Å²) in [6.45, 7) is 55.6. The molecule has 532 valence electrons. The normalized spacial score (nSPS) is 10.3. The summed E-state index contributed by atoms with van der Waals surface area (Å²) in [6.07, 6.45) is 0.912. The fourth-order valence-electron chi connectivity index (χ4n) is 9.83. The van der Waals surface area contributed by atoms with Crippen LogP contribution in [0, 0.1) is 34.6 Å². The molecule has 9 aromatic rings. The van der Waals surface area contributed by atoms with Gasteiger partial charge < -0.3 is 18.9 Å². The van der Waals surface area contributed by atoms with Gasteiger partial charge in [0.15, 0.2) is 0 Å². The van der Waals surface area contributed by atoms with Gasteiger partial charge in [-0.2, -0.15) is 0 Å². The minimum atomic E-state index is 0.427. The Morgan fingerprint density at radius 2 is 0.673 bits per heavy atom. The molecule has 98 heavy (non-hydrogen) atoms. The largest absolute Gasteiger partial charge is 0.497 e. The number of methoxy groups -OCH3 is 2. The van der Waals surface area contributed by atoms with Gasteiger partial charge in [0.2, 0.25) is 0 Å². The molecule has 0 bridgehead atoms. The Kier molecular flexibility index (Phi) is 44.3. The van der Waals surface area contributed by atoms with Gasteiger partial charge in [-0.15, -0.1) is 0 Å². The third-order valence-electron chi connectivity index (χ3n) is 16.4. The molecule has 0 radical (unpaired) electrons. The highest BCUT2D eigenvalue weighted by atomic mass is 16.5. The molecule has 0 amide bonds. The number of rotatable bonds is 16. The lowest BCUT2D eigenvalue weighted by Gasteiger charge is -2.11. The summed E-state index contributed by atoms with van der Waals surface area (Å²) >= 11 is 0. The predicted molar refractivity (Wildman–Crippen MR) is 429 cm³/mol. The molecule has 0 heterocycles. The van der Waals surface area contributed by atoms with E-state index in [4.69, 9.17) is 18.9 Å². The maximum atomic E-state index is 10.5. The smallest absolute Gasteiger partial charge is 0.150 e. The lowest BCUT2D eigenvalue weighted by atomic mass is 9.98. The number of para-hydroxylation sites is 1. The van der Waals surface area contributed by atoms with E-state index in [0.29, 0.717) is 53.3 Å². The van der Waals surface area contributed by atoms with E-state index in [1.54, 1.807) is 14.2 Å². The van der Waals surface area contributed by atoms with Crippen LogP contribution in [0.15, 0.2) is 212 Å². The van der Waals surface area contributed by atoms with Gasteiger partial charge in [0.25, 0.3) is 0 Å². The summed E-state index contributed by atoms with van der Waals surface area (Å²) in [7, 11) is 3.38. The summed E-state index contributed by atoms with van der Waals surface area (Å²) in [4.78, 5) is 10.5. The highest BCUT2D eigenvalue weighted by Gasteiger charge is 2.07. The summed E-state index contributed by atoms with van der Waals surface area (Å²) in [6, 6.07) is 73.2. The van der Waals surface area contributed by atoms with Crippen LogP contribution in [0.4, 0.5) is 0 Å². The highest BCUT2D eigenvalue weighted by Crippen LogP contribution is 2.27. The van der Waals surface area contributed by atoms with Crippen LogP contribution in [0.5, 0.6) is 23.0 Å². The first kappa shape index (κ1) is 87.9. The molecule has 0 aliphatic carbocycles. The second-order valence-corrected chi connectivity index (χ2v) is 27.7. The standard InChI is InChI=1S/2C11H16O.C11H16.2C10H14O.C10H12O.3C10H14/c1-4-12-11-7-5-10(6-8-11)9(2)3;1-4-12-11-8-6-5-7-10(11)9(2)3;1-8(2)11-6-5-9(3)10(4)7-11;1-8(2)9-4-6-10(11-3)7-5-9;1-8(2)9-5-4-6-10(7-9)11-3;1-8(2)10-6-4-3-5-9(10)7-11;1-8(2)10-6-4-9(3)5-7-10;1-8(2)10-6-4-5-9(3)7-10;1-8(2)10-7-5-4-6-9(10)3/h2*5-9H,4H2,1-3H3;5-8H,1-4H3;2*4-8H,1-3H3;3-8H,1-2H3;3*4-8H,1-3H3. The summed E-state index contributed by atoms with van der Waals surface area (Å²) in [5.74, 6) is 9.19. The Morgan fingerprint density at radius 3 is 1.06 bits per heavy atom. The number of ether oxygens (including phenoxy) is 4.